The smallest absolute Gasteiger partial charge is 0.328 e. The molecular formula is C26H17N2O3+. The van der Waals surface area contributed by atoms with Gasteiger partial charge in [0, 0.05) is 11.6 Å². The molecule has 0 spiro atoms. The van der Waals surface area contributed by atoms with E-state index < -0.39 is 5.60 Å². The maximum absolute atomic E-state index is 10.4. The summed E-state index contributed by atoms with van der Waals surface area (Å²) in [6, 6.07) is 18.1. The third-order valence-electron chi connectivity index (χ3n) is 6.03. The van der Waals surface area contributed by atoms with E-state index in [-0.39, 0.29) is 0 Å². The van der Waals surface area contributed by atoms with Crippen LogP contribution in [0.2, 0.25) is 0 Å². The molecule has 148 valence electrons. The molecule has 5 nitrogen and oxygen atoms in total. The Hall–Kier alpha value is -3.96. The van der Waals surface area contributed by atoms with Gasteiger partial charge in [0.05, 0.1) is 16.3 Å². The molecule has 5 heteroatoms. The lowest BCUT2D eigenvalue weighted by molar-refractivity contribution is -0.523. The first-order chi connectivity index (χ1) is 15.1. The van der Waals surface area contributed by atoms with Crippen molar-refractivity contribution in [1.82, 2.24) is 0 Å². The largest absolute Gasteiger partial charge is 0.456 e. The Labute approximate surface area is 176 Å². The summed E-state index contributed by atoms with van der Waals surface area (Å²) in [5, 5.41) is 12.5. The van der Waals surface area contributed by atoms with Crippen molar-refractivity contribution in [2.75, 3.05) is 0 Å². The molecule has 4 aromatic rings. The fourth-order valence-electron chi connectivity index (χ4n) is 4.74. The molecule has 0 radical (unpaired) electrons. The van der Waals surface area contributed by atoms with Gasteiger partial charge in [-0.15, -0.1) is 0 Å². The quantitative estimate of drug-likeness (QED) is 0.223. The van der Waals surface area contributed by atoms with Crippen molar-refractivity contribution in [3.05, 3.63) is 72.8 Å². The van der Waals surface area contributed by atoms with Crippen LogP contribution in [0.4, 0.5) is 0 Å². The van der Waals surface area contributed by atoms with Crippen molar-refractivity contribution < 1.29 is 18.5 Å². The van der Waals surface area contributed by atoms with Crippen LogP contribution in [-0.2, 0) is 0 Å². The van der Waals surface area contributed by atoms with Gasteiger partial charge in [-0.2, -0.15) is 4.57 Å². The lowest BCUT2D eigenvalue weighted by Gasteiger charge is -2.20. The third kappa shape index (κ3) is 2.18. The summed E-state index contributed by atoms with van der Waals surface area (Å²) in [7, 11) is 0. The molecular weight excluding hydrogens is 388 g/mol. The Morgan fingerprint density at radius 3 is 2.03 bits per heavy atom. The highest BCUT2D eigenvalue weighted by Gasteiger charge is 2.31. The van der Waals surface area contributed by atoms with Crippen LogP contribution in [0, 0.1) is 0 Å². The number of hydrogen-bond donors (Lipinski definition) is 1. The molecule has 3 aliphatic rings. The summed E-state index contributed by atoms with van der Waals surface area (Å²) in [4.78, 5) is 4.64. The number of nitrogens with zero attached hydrogens (tertiary/aromatic N) is 2. The zero-order valence-electron chi connectivity index (χ0n) is 16.7. The summed E-state index contributed by atoms with van der Waals surface area (Å²) < 4.78 is 14.7. The molecule has 0 fully saturated rings. The Balaban J connectivity index is 1.76. The molecule has 1 atom stereocenters. The minimum Gasteiger partial charge on any atom is -0.456 e. The van der Waals surface area contributed by atoms with Gasteiger partial charge in [0.25, 0.3) is 0 Å². The summed E-state index contributed by atoms with van der Waals surface area (Å²) in [5.74, 6) is 0.708. The van der Waals surface area contributed by atoms with Crippen molar-refractivity contribution in [3.63, 3.8) is 0 Å². The molecule has 0 bridgehead atoms. The van der Waals surface area contributed by atoms with E-state index >= 15 is 0 Å². The highest BCUT2D eigenvalue weighted by molar-refractivity contribution is 6.22. The fourth-order valence-corrected chi connectivity index (χ4v) is 4.74. The fraction of sp³-hybridized carbons (Fsp3) is 0.0769. The van der Waals surface area contributed by atoms with E-state index in [1.54, 1.807) is 19.2 Å². The van der Waals surface area contributed by atoms with Gasteiger partial charge in [0.1, 0.15) is 39.0 Å². The molecule has 0 saturated heterocycles. The van der Waals surface area contributed by atoms with Gasteiger partial charge in [0.2, 0.25) is 0 Å². The lowest BCUT2D eigenvalue weighted by atomic mass is 9.92. The van der Waals surface area contributed by atoms with Gasteiger partial charge in [-0.25, -0.2) is 0 Å². The number of rotatable bonds is 1. The van der Waals surface area contributed by atoms with Crippen LogP contribution in [0.5, 0.6) is 0 Å². The van der Waals surface area contributed by atoms with Crippen LogP contribution in [0.1, 0.15) is 6.92 Å². The third-order valence-corrected chi connectivity index (χ3v) is 6.03. The second kappa shape index (κ2) is 5.59. The lowest BCUT2D eigenvalue weighted by Crippen LogP contribution is -2.34. The zero-order valence-corrected chi connectivity index (χ0v) is 16.7. The maximum atomic E-state index is 10.4. The Morgan fingerprint density at radius 1 is 0.806 bits per heavy atom. The van der Waals surface area contributed by atoms with E-state index in [2.05, 4.69) is 21.7 Å². The Kier molecular flexibility index (Phi) is 3.03. The molecule has 3 aromatic carbocycles. The summed E-state index contributed by atoms with van der Waals surface area (Å²) in [5.41, 5.74) is 6.22. The Bertz CT molecular complexity index is 1620. The molecule has 3 aliphatic heterocycles. The number of aliphatic imine (C=N–C) groups is 1. The highest BCUT2D eigenvalue weighted by atomic mass is 16.3. The number of allylic oxidation sites excluding steroid dienone is 2. The first-order valence-corrected chi connectivity index (χ1v) is 10.2. The van der Waals surface area contributed by atoms with Crippen LogP contribution in [-0.4, -0.2) is 16.9 Å². The molecule has 7 rings (SSSR count). The van der Waals surface area contributed by atoms with E-state index in [0.29, 0.717) is 5.82 Å². The number of aliphatic hydroxyl groups is 1. The van der Waals surface area contributed by atoms with Gasteiger partial charge >= 0.3 is 5.82 Å². The van der Waals surface area contributed by atoms with Crippen LogP contribution in [0.3, 0.4) is 0 Å². The van der Waals surface area contributed by atoms with Gasteiger partial charge in [-0.3, -0.25) is 0 Å². The SMILES string of the molecule is CC1(O)C=CC=C([n+]2c3cccc4oc5cccc6oc7cccc2c7c(c43)-c56)N=C1. The topological polar surface area (TPSA) is 62.8 Å². The van der Waals surface area contributed by atoms with Crippen LogP contribution in [0.15, 0.2) is 86.7 Å². The Morgan fingerprint density at radius 2 is 1.39 bits per heavy atom. The monoisotopic (exact) mass is 405 g/mol. The molecule has 31 heavy (non-hydrogen) atoms. The molecule has 0 aliphatic carbocycles. The molecule has 0 amide bonds. The number of hydrogen-bond acceptors (Lipinski definition) is 4. The van der Waals surface area contributed by atoms with E-state index in [1.807, 2.05) is 54.6 Å². The number of benzene rings is 3. The molecule has 1 unspecified atom stereocenters. The highest BCUT2D eigenvalue weighted by Crippen LogP contribution is 2.47. The molecule has 1 aromatic heterocycles. The predicted molar refractivity (Wildman–Crippen MR) is 122 cm³/mol. The van der Waals surface area contributed by atoms with E-state index in [1.165, 1.54) is 0 Å². The van der Waals surface area contributed by atoms with Crippen LogP contribution in [0.25, 0.3) is 61.1 Å². The minimum absolute atomic E-state index is 0.708. The van der Waals surface area contributed by atoms with Gasteiger partial charge < -0.3 is 13.9 Å². The molecule has 4 heterocycles. The first-order valence-electron chi connectivity index (χ1n) is 10.2. The average Bonchev–Trinajstić information content (AvgIpc) is 2.94. The second-order valence-corrected chi connectivity index (χ2v) is 8.21. The van der Waals surface area contributed by atoms with Crippen LogP contribution >= 0.6 is 0 Å². The number of aromatic nitrogens is 1. The van der Waals surface area contributed by atoms with E-state index in [4.69, 9.17) is 8.83 Å². The normalized spacial score (nSPS) is 19.4. The summed E-state index contributed by atoms with van der Waals surface area (Å²) in [6.07, 6.45) is 7.04. The second-order valence-electron chi connectivity index (χ2n) is 8.21. The maximum Gasteiger partial charge on any atom is 0.328 e. The molecule has 0 saturated carbocycles. The predicted octanol–water partition coefficient (Wildman–Crippen LogP) is 5.51. The number of pyridine rings is 1. The summed E-state index contributed by atoms with van der Waals surface area (Å²) in [6.45, 7) is 1.71. The minimum atomic E-state index is -1.10. The van der Waals surface area contributed by atoms with Crippen molar-refractivity contribution in [1.29, 1.82) is 0 Å². The van der Waals surface area contributed by atoms with Crippen LogP contribution < -0.4 is 4.57 Å². The van der Waals surface area contributed by atoms with Crippen molar-refractivity contribution in [3.8, 4) is 11.1 Å². The first kappa shape index (κ1) is 16.8. The standard InChI is InChI=1S/C26H17N2O3/c1-26(29)13-5-12-21(27-14-26)28-15-6-2-8-17-22(15)25-23-16(28)7-3-9-18(23)31-20-11-4-10-19(30-17)24(20)25/h2-14,29H,1H3/q+1. The van der Waals surface area contributed by atoms with Gasteiger partial charge in [-0.05, 0) is 49.4 Å². The van der Waals surface area contributed by atoms with Crippen molar-refractivity contribution >= 4 is 56.2 Å². The summed E-state index contributed by atoms with van der Waals surface area (Å²) >= 11 is 0. The average molecular weight is 405 g/mol. The van der Waals surface area contributed by atoms with Crippen molar-refractivity contribution in [2.45, 2.75) is 12.5 Å². The van der Waals surface area contributed by atoms with Gasteiger partial charge in [0.15, 0.2) is 6.21 Å². The van der Waals surface area contributed by atoms with E-state index in [9.17, 15) is 5.11 Å². The van der Waals surface area contributed by atoms with E-state index in [0.717, 1.165) is 55.3 Å². The molecule has 1 N–H and O–H groups in total. The van der Waals surface area contributed by atoms with Gasteiger partial charge in [-0.1, -0.05) is 29.3 Å². The van der Waals surface area contributed by atoms with Crippen molar-refractivity contribution in [2.24, 2.45) is 4.99 Å². The zero-order chi connectivity index (χ0) is 20.7.